The van der Waals surface area contributed by atoms with Crippen LogP contribution in [0.3, 0.4) is 0 Å². The third kappa shape index (κ3) is 5.59. The smallest absolute Gasteiger partial charge is 0.242 e. The fourth-order valence-corrected chi connectivity index (χ4v) is 4.97. The van der Waals surface area contributed by atoms with Gasteiger partial charge in [-0.15, -0.1) is 11.3 Å². The lowest BCUT2D eigenvalue weighted by Crippen LogP contribution is -2.44. The molecular formula is C25H28N8O3S. The van der Waals surface area contributed by atoms with Crippen molar-refractivity contribution in [1.29, 1.82) is 0 Å². The van der Waals surface area contributed by atoms with Crippen molar-refractivity contribution >= 4 is 45.1 Å². The standard InChI is InChI=1S/C25H28N8O3S/c1-15-12-27-25(37-15)31-21-10-18(28-16(2)29-21)20-13-32(8-9-36-20)24(35)14-33-19-7-5-4-6-17(19)30-22(33)11-23(34)26-3/h4-7,10,12,20H,8-9,11,13-14H2,1-3H3,(H,26,34)(H,27,28,29,31)/t20-/m1/s1. The number of rotatable bonds is 7. The number of aryl methyl sites for hydroxylation is 2. The molecule has 5 rings (SSSR count). The Hall–Kier alpha value is -3.90. The Morgan fingerprint density at radius 3 is 2.81 bits per heavy atom. The lowest BCUT2D eigenvalue weighted by Gasteiger charge is -2.33. The van der Waals surface area contributed by atoms with E-state index >= 15 is 0 Å². The zero-order valence-electron chi connectivity index (χ0n) is 20.9. The molecular weight excluding hydrogens is 492 g/mol. The number of nitrogens with zero attached hydrogens (tertiary/aromatic N) is 6. The van der Waals surface area contributed by atoms with Gasteiger partial charge in [-0.3, -0.25) is 9.59 Å². The van der Waals surface area contributed by atoms with Gasteiger partial charge < -0.3 is 24.8 Å². The summed E-state index contributed by atoms with van der Waals surface area (Å²) in [5.74, 6) is 1.55. The molecule has 0 bridgehead atoms. The molecule has 0 radical (unpaired) electrons. The van der Waals surface area contributed by atoms with Gasteiger partial charge in [0, 0.05) is 30.7 Å². The second kappa shape index (κ2) is 10.6. The number of benzene rings is 1. The summed E-state index contributed by atoms with van der Waals surface area (Å²) in [6, 6.07) is 9.42. The van der Waals surface area contributed by atoms with Gasteiger partial charge in [-0.25, -0.2) is 19.9 Å². The molecule has 12 heteroatoms. The van der Waals surface area contributed by atoms with Gasteiger partial charge in [-0.1, -0.05) is 12.1 Å². The number of hydrogen-bond acceptors (Lipinski definition) is 9. The van der Waals surface area contributed by atoms with Crippen LogP contribution in [0.25, 0.3) is 11.0 Å². The highest BCUT2D eigenvalue weighted by atomic mass is 32.1. The maximum Gasteiger partial charge on any atom is 0.242 e. The summed E-state index contributed by atoms with van der Waals surface area (Å²) in [4.78, 5) is 46.4. The van der Waals surface area contributed by atoms with Crippen LogP contribution in [0.15, 0.2) is 36.5 Å². The average molecular weight is 521 g/mol. The molecule has 0 spiro atoms. The number of likely N-dealkylation sites (N-methyl/N-ethyl adjacent to an activating group) is 1. The second-order valence-corrected chi connectivity index (χ2v) is 10.0. The lowest BCUT2D eigenvalue weighted by molar-refractivity contribution is -0.139. The Labute approximate surface area is 217 Å². The number of anilines is 2. The molecule has 2 amide bonds. The Bertz CT molecular complexity index is 1450. The normalized spacial score (nSPS) is 15.6. The van der Waals surface area contributed by atoms with Crippen molar-refractivity contribution in [3.05, 3.63) is 58.7 Å². The molecule has 192 valence electrons. The molecule has 2 N–H and O–H groups in total. The Kier molecular flexibility index (Phi) is 7.10. The number of para-hydroxylation sites is 2. The number of fused-ring (bicyclic) bond motifs is 1. The molecule has 1 saturated heterocycles. The minimum atomic E-state index is -0.386. The van der Waals surface area contributed by atoms with Gasteiger partial charge in [-0.2, -0.15) is 0 Å². The number of ether oxygens (including phenoxy) is 1. The van der Waals surface area contributed by atoms with E-state index in [-0.39, 0.29) is 30.9 Å². The first kappa shape index (κ1) is 24.8. The molecule has 0 aliphatic carbocycles. The van der Waals surface area contributed by atoms with Gasteiger partial charge in [0.25, 0.3) is 0 Å². The molecule has 4 heterocycles. The van der Waals surface area contributed by atoms with Crippen molar-refractivity contribution in [3.8, 4) is 0 Å². The van der Waals surface area contributed by atoms with Crippen molar-refractivity contribution in [2.45, 2.75) is 32.9 Å². The SMILES string of the molecule is CNC(=O)Cc1nc2ccccc2n1CC(=O)N1CCO[C@@H](c2cc(Nc3ncc(C)s3)nc(C)n2)C1. The van der Waals surface area contributed by atoms with Crippen LogP contribution in [-0.4, -0.2) is 68.0 Å². The maximum atomic E-state index is 13.4. The van der Waals surface area contributed by atoms with Gasteiger partial charge in [-0.05, 0) is 26.0 Å². The highest BCUT2D eigenvalue weighted by Crippen LogP contribution is 2.26. The molecule has 1 fully saturated rings. The summed E-state index contributed by atoms with van der Waals surface area (Å²) in [5, 5.41) is 6.61. The lowest BCUT2D eigenvalue weighted by atomic mass is 10.2. The van der Waals surface area contributed by atoms with E-state index in [4.69, 9.17) is 4.74 Å². The third-order valence-corrected chi connectivity index (χ3v) is 6.92. The maximum absolute atomic E-state index is 13.4. The highest BCUT2D eigenvalue weighted by molar-refractivity contribution is 7.15. The van der Waals surface area contributed by atoms with Gasteiger partial charge in [0.05, 0.1) is 36.3 Å². The number of nitrogens with one attached hydrogen (secondary N) is 2. The summed E-state index contributed by atoms with van der Waals surface area (Å²) in [7, 11) is 1.59. The van der Waals surface area contributed by atoms with Gasteiger partial charge in [0.1, 0.15) is 30.1 Å². The van der Waals surface area contributed by atoms with Crippen LogP contribution in [0.4, 0.5) is 10.9 Å². The van der Waals surface area contributed by atoms with Gasteiger partial charge in [0.2, 0.25) is 11.8 Å². The molecule has 1 aliphatic rings. The van der Waals surface area contributed by atoms with E-state index in [1.807, 2.05) is 48.7 Å². The van der Waals surface area contributed by atoms with Crippen LogP contribution in [0, 0.1) is 13.8 Å². The average Bonchev–Trinajstić information content (AvgIpc) is 3.46. The number of imidazole rings is 1. The molecule has 11 nitrogen and oxygen atoms in total. The second-order valence-electron chi connectivity index (χ2n) is 8.78. The van der Waals surface area contributed by atoms with Crippen molar-refractivity contribution < 1.29 is 14.3 Å². The van der Waals surface area contributed by atoms with Crippen LogP contribution in [-0.2, 0) is 27.3 Å². The minimum absolute atomic E-state index is 0.0722. The molecule has 4 aromatic rings. The molecule has 0 saturated carbocycles. The number of morpholine rings is 1. The van der Waals surface area contributed by atoms with Crippen molar-refractivity contribution in [2.24, 2.45) is 0 Å². The summed E-state index contributed by atoms with van der Waals surface area (Å²) in [5.41, 5.74) is 2.27. The fraction of sp³-hybridized carbons (Fsp3) is 0.360. The number of aromatic nitrogens is 5. The zero-order chi connectivity index (χ0) is 25.9. The first-order valence-corrected chi connectivity index (χ1v) is 12.8. The van der Waals surface area contributed by atoms with E-state index in [0.29, 0.717) is 42.9 Å². The van der Waals surface area contributed by atoms with Crippen LogP contribution >= 0.6 is 11.3 Å². The zero-order valence-corrected chi connectivity index (χ0v) is 21.7. The fourth-order valence-electron chi connectivity index (χ4n) is 4.30. The van der Waals surface area contributed by atoms with E-state index in [9.17, 15) is 9.59 Å². The molecule has 1 atom stereocenters. The monoisotopic (exact) mass is 520 g/mol. The predicted molar refractivity (Wildman–Crippen MR) is 140 cm³/mol. The van der Waals surface area contributed by atoms with Crippen molar-refractivity contribution in [3.63, 3.8) is 0 Å². The minimum Gasteiger partial charge on any atom is -0.368 e. The van der Waals surface area contributed by atoms with E-state index in [2.05, 4.69) is 30.6 Å². The molecule has 1 aromatic carbocycles. The number of hydrogen-bond donors (Lipinski definition) is 2. The van der Waals surface area contributed by atoms with E-state index in [1.165, 1.54) is 0 Å². The number of thiazole rings is 1. The quantitative estimate of drug-likeness (QED) is 0.381. The van der Waals surface area contributed by atoms with E-state index in [0.717, 1.165) is 21.0 Å². The van der Waals surface area contributed by atoms with Crippen LogP contribution < -0.4 is 10.6 Å². The molecule has 1 aliphatic heterocycles. The van der Waals surface area contributed by atoms with Crippen LogP contribution in [0.5, 0.6) is 0 Å². The Morgan fingerprint density at radius 1 is 1.19 bits per heavy atom. The van der Waals surface area contributed by atoms with Gasteiger partial charge >= 0.3 is 0 Å². The summed E-state index contributed by atoms with van der Waals surface area (Å²) < 4.78 is 7.83. The Balaban J connectivity index is 1.34. The number of amides is 2. The van der Waals surface area contributed by atoms with Crippen LogP contribution in [0.1, 0.15) is 28.3 Å². The first-order valence-electron chi connectivity index (χ1n) is 12.0. The summed E-state index contributed by atoms with van der Waals surface area (Å²) >= 11 is 1.54. The third-order valence-electron chi connectivity index (χ3n) is 6.09. The van der Waals surface area contributed by atoms with E-state index in [1.54, 1.807) is 29.5 Å². The molecule has 3 aromatic heterocycles. The van der Waals surface area contributed by atoms with Gasteiger partial charge in [0.15, 0.2) is 5.13 Å². The topological polar surface area (TPSA) is 127 Å². The van der Waals surface area contributed by atoms with E-state index < -0.39 is 0 Å². The molecule has 0 unspecified atom stereocenters. The first-order chi connectivity index (χ1) is 17.9. The predicted octanol–water partition coefficient (Wildman–Crippen LogP) is 2.53. The van der Waals surface area contributed by atoms with Crippen molar-refractivity contribution in [2.75, 3.05) is 32.1 Å². The largest absolute Gasteiger partial charge is 0.368 e. The Morgan fingerprint density at radius 2 is 2.03 bits per heavy atom. The number of carbonyl (C=O) groups is 2. The summed E-state index contributed by atoms with van der Waals surface area (Å²) in [6.45, 7) is 5.13. The van der Waals surface area contributed by atoms with Crippen molar-refractivity contribution in [1.82, 2.24) is 34.7 Å². The van der Waals surface area contributed by atoms with Crippen LogP contribution in [0.2, 0.25) is 0 Å². The molecule has 37 heavy (non-hydrogen) atoms. The number of carbonyl (C=O) groups excluding carboxylic acids is 2. The summed E-state index contributed by atoms with van der Waals surface area (Å²) in [6.07, 6.45) is 1.51. The highest BCUT2D eigenvalue weighted by Gasteiger charge is 2.28.